The molecular weight excluding hydrogens is 501 g/mol. The maximum atomic E-state index is 14.2. The summed E-state index contributed by atoms with van der Waals surface area (Å²) < 4.78 is 0. The molecule has 2 aromatic rings. The smallest absolute Gasteiger partial charge is 0.332 e. The Morgan fingerprint density at radius 1 is 1.11 bits per heavy atom. The minimum absolute atomic E-state index is 0.00901. The third kappa shape index (κ3) is 3.83. The summed E-state index contributed by atoms with van der Waals surface area (Å²) in [5.74, 6) is -1.18. The van der Waals surface area contributed by atoms with E-state index in [1.807, 2.05) is 0 Å². The lowest BCUT2D eigenvalue weighted by molar-refractivity contribution is -0.135. The van der Waals surface area contributed by atoms with E-state index in [1.165, 1.54) is 23.1 Å². The molecule has 0 bridgehead atoms. The molecule has 2 aromatic carbocycles. The Morgan fingerprint density at radius 3 is 2.36 bits per heavy atom. The van der Waals surface area contributed by atoms with Crippen LogP contribution in [0.4, 0.5) is 10.5 Å². The van der Waals surface area contributed by atoms with Gasteiger partial charge in [-0.3, -0.25) is 9.59 Å². The number of hydrogen-bond acceptors (Lipinski definition) is 5. The second kappa shape index (κ2) is 9.07. The number of amides is 4. The molecule has 0 radical (unpaired) electrons. The van der Waals surface area contributed by atoms with Gasteiger partial charge >= 0.3 is 6.03 Å². The van der Waals surface area contributed by atoms with E-state index in [9.17, 15) is 19.6 Å². The summed E-state index contributed by atoms with van der Waals surface area (Å²) in [6.07, 6.45) is 2.11. The summed E-state index contributed by atoms with van der Waals surface area (Å²) in [7, 11) is 1.59. The number of nitrogens with zero attached hydrogens (tertiary/aromatic N) is 4. The van der Waals surface area contributed by atoms with Crippen LogP contribution < -0.4 is 10.6 Å². The van der Waals surface area contributed by atoms with E-state index in [1.54, 1.807) is 36.2 Å². The molecule has 1 spiro atoms. The van der Waals surface area contributed by atoms with Gasteiger partial charge in [0.05, 0.1) is 23.9 Å². The maximum Gasteiger partial charge on any atom is 0.332 e. The van der Waals surface area contributed by atoms with Crippen molar-refractivity contribution in [2.24, 2.45) is 11.7 Å². The van der Waals surface area contributed by atoms with Gasteiger partial charge in [-0.1, -0.05) is 35.3 Å². The third-order valence-electron chi connectivity index (χ3n) is 7.74. The average Bonchev–Trinajstić information content (AvgIpc) is 3.51. The number of likely N-dealkylation sites (N-methyl/N-ethyl adjacent to an activating group) is 1. The summed E-state index contributed by atoms with van der Waals surface area (Å²) >= 11 is 12.4. The van der Waals surface area contributed by atoms with Crippen molar-refractivity contribution in [3.8, 4) is 6.07 Å². The fraction of sp³-hybridized carbons (Fsp3) is 0.385. The highest BCUT2D eigenvalue weighted by Crippen LogP contribution is 2.47. The molecule has 2 N–H and O–H groups in total. The van der Waals surface area contributed by atoms with Crippen LogP contribution in [0, 0.1) is 17.2 Å². The van der Waals surface area contributed by atoms with Crippen LogP contribution in [0.5, 0.6) is 0 Å². The molecule has 4 atom stereocenters. The molecule has 0 aromatic heterocycles. The Labute approximate surface area is 219 Å². The number of imide groups is 1. The van der Waals surface area contributed by atoms with Crippen LogP contribution in [-0.4, -0.2) is 59.4 Å². The number of rotatable bonds is 3. The number of nitriles is 1. The van der Waals surface area contributed by atoms with E-state index in [4.69, 9.17) is 28.9 Å². The number of anilines is 1. The highest BCUT2D eigenvalue weighted by atomic mass is 35.5. The molecule has 1 aliphatic carbocycles. The lowest BCUT2D eigenvalue weighted by Gasteiger charge is -2.33. The minimum Gasteiger partial charge on any atom is -0.339 e. The first kappa shape index (κ1) is 24.6. The van der Waals surface area contributed by atoms with Crippen LogP contribution in [0.3, 0.4) is 0 Å². The Morgan fingerprint density at radius 2 is 1.78 bits per heavy atom. The van der Waals surface area contributed by atoms with E-state index >= 15 is 0 Å². The van der Waals surface area contributed by atoms with Gasteiger partial charge in [-0.2, -0.15) is 5.26 Å². The molecule has 4 amide bonds. The molecule has 36 heavy (non-hydrogen) atoms. The first-order chi connectivity index (χ1) is 17.1. The molecule has 1 saturated carbocycles. The number of benzene rings is 2. The highest BCUT2D eigenvalue weighted by molar-refractivity contribution is 6.35. The molecule has 2 heterocycles. The Balaban J connectivity index is 1.58. The average molecular weight is 526 g/mol. The van der Waals surface area contributed by atoms with Crippen LogP contribution in [0.15, 0.2) is 42.5 Å². The SMILES string of the molecule is CN1C(=O)N(c2cc(Cl)cc(Cl)c2)C(=O)C12CN(C(=O)C1CCC(N)C1)CC2c1ccc(C#N)cc1. The Hall–Kier alpha value is -3.12. The first-order valence-electron chi connectivity index (χ1n) is 11.8. The molecule has 10 heteroatoms. The van der Waals surface area contributed by atoms with Crippen molar-refractivity contribution in [1.82, 2.24) is 9.80 Å². The van der Waals surface area contributed by atoms with E-state index in [-0.39, 0.29) is 36.6 Å². The lowest BCUT2D eigenvalue weighted by atomic mass is 9.80. The van der Waals surface area contributed by atoms with Gasteiger partial charge in [0.25, 0.3) is 5.91 Å². The molecule has 8 nitrogen and oxygen atoms in total. The maximum absolute atomic E-state index is 14.2. The van der Waals surface area contributed by atoms with Crippen LogP contribution in [-0.2, 0) is 9.59 Å². The topological polar surface area (TPSA) is 111 Å². The quantitative estimate of drug-likeness (QED) is 0.613. The van der Waals surface area contributed by atoms with Crippen molar-refractivity contribution in [3.63, 3.8) is 0 Å². The number of carbonyl (C=O) groups excluding carboxylic acids is 3. The van der Waals surface area contributed by atoms with Crippen molar-refractivity contribution < 1.29 is 14.4 Å². The Kier molecular flexibility index (Phi) is 6.19. The zero-order chi connectivity index (χ0) is 25.8. The summed E-state index contributed by atoms with van der Waals surface area (Å²) in [5.41, 5.74) is 6.26. The first-order valence-corrected chi connectivity index (χ1v) is 12.5. The summed E-state index contributed by atoms with van der Waals surface area (Å²) in [6, 6.07) is 13.1. The van der Waals surface area contributed by atoms with Gasteiger partial charge < -0.3 is 15.5 Å². The van der Waals surface area contributed by atoms with Crippen molar-refractivity contribution >= 4 is 46.7 Å². The largest absolute Gasteiger partial charge is 0.339 e. The van der Waals surface area contributed by atoms with Crippen LogP contribution in [0.25, 0.3) is 0 Å². The number of likely N-dealkylation sites (tertiary alicyclic amines) is 1. The van der Waals surface area contributed by atoms with Crippen LogP contribution in [0.1, 0.15) is 36.3 Å². The van der Waals surface area contributed by atoms with Gasteiger partial charge in [0.2, 0.25) is 5.91 Å². The second-order valence-corrected chi connectivity index (χ2v) is 10.7. The number of carbonyl (C=O) groups is 3. The fourth-order valence-electron chi connectivity index (χ4n) is 5.87. The van der Waals surface area contributed by atoms with Crippen molar-refractivity contribution in [3.05, 3.63) is 63.6 Å². The standard InChI is InChI=1S/C26H25Cl2N5O3/c1-31-25(36)33(21-10-18(27)9-19(28)11-21)24(35)26(31)14-32(23(34)17-6-7-20(30)8-17)13-22(26)16-4-2-15(12-29)3-5-16/h2-5,9-11,17,20,22H,6-8,13-14,30H2,1H3. The van der Waals surface area contributed by atoms with Crippen LogP contribution >= 0.6 is 23.2 Å². The van der Waals surface area contributed by atoms with Crippen molar-refractivity contribution in [2.75, 3.05) is 25.0 Å². The summed E-state index contributed by atoms with van der Waals surface area (Å²) in [4.78, 5) is 45.5. The van der Waals surface area contributed by atoms with E-state index in [0.29, 0.717) is 28.5 Å². The molecule has 3 aliphatic rings. The number of hydrogen-bond donors (Lipinski definition) is 1. The molecule has 5 rings (SSSR count). The third-order valence-corrected chi connectivity index (χ3v) is 8.18. The van der Waals surface area contributed by atoms with E-state index in [2.05, 4.69) is 6.07 Å². The number of halogens is 2. The van der Waals surface area contributed by atoms with Crippen molar-refractivity contribution in [1.29, 1.82) is 5.26 Å². The van der Waals surface area contributed by atoms with Crippen LogP contribution in [0.2, 0.25) is 10.0 Å². The number of nitrogens with two attached hydrogens (primary N) is 1. The molecule has 186 valence electrons. The highest BCUT2D eigenvalue weighted by Gasteiger charge is 2.65. The van der Waals surface area contributed by atoms with E-state index < -0.39 is 23.4 Å². The summed E-state index contributed by atoms with van der Waals surface area (Å²) in [5, 5.41) is 9.83. The van der Waals surface area contributed by atoms with Gasteiger partial charge in [-0.25, -0.2) is 9.69 Å². The van der Waals surface area contributed by atoms with Gasteiger partial charge in [-0.15, -0.1) is 0 Å². The molecule has 2 saturated heterocycles. The lowest BCUT2D eigenvalue weighted by Crippen LogP contribution is -2.54. The summed E-state index contributed by atoms with van der Waals surface area (Å²) in [6.45, 7) is 0.331. The molecular formula is C26H25Cl2N5O3. The number of urea groups is 1. The minimum atomic E-state index is -1.32. The fourth-order valence-corrected chi connectivity index (χ4v) is 6.39. The predicted molar refractivity (Wildman–Crippen MR) is 136 cm³/mol. The zero-order valence-corrected chi connectivity index (χ0v) is 21.2. The molecule has 2 aliphatic heterocycles. The molecule has 3 fully saturated rings. The second-order valence-electron chi connectivity index (χ2n) is 9.81. The zero-order valence-electron chi connectivity index (χ0n) is 19.7. The monoisotopic (exact) mass is 525 g/mol. The van der Waals surface area contributed by atoms with E-state index in [0.717, 1.165) is 16.9 Å². The van der Waals surface area contributed by atoms with Gasteiger partial charge in [-0.05, 0) is 55.2 Å². The molecule has 4 unspecified atom stereocenters. The van der Waals surface area contributed by atoms with Gasteiger partial charge in [0.15, 0.2) is 0 Å². The predicted octanol–water partition coefficient (Wildman–Crippen LogP) is 3.76. The van der Waals surface area contributed by atoms with Gasteiger partial charge in [0, 0.05) is 41.5 Å². The normalized spacial score (nSPS) is 27.9. The van der Waals surface area contributed by atoms with Crippen molar-refractivity contribution in [2.45, 2.75) is 36.8 Å². The van der Waals surface area contributed by atoms with Gasteiger partial charge in [0.1, 0.15) is 5.54 Å². The Bertz CT molecular complexity index is 1270.